The second-order valence-corrected chi connectivity index (χ2v) is 6.92. The number of benzene rings is 1. The van der Waals surface area contributed by atoms with E-state index in [0.29, 0.717) is 6.42 Å². The maximum absolute atomic E-state index is 11.2. The zero-order valence-electron chi connectivity index (χ0n) is 11.8. The van der Waals surface area contributed by atoms with Crippen molar-refractivity contribution in [1.29, 1.82) is 0 Å². The molecule has 5 heteroatoms. The molecule has 0 saturated carbocycles. The van der Waals surface area contributed by atoms with Crippen LogP contribution in [0.5, 0.6) is 5.75 Å². The topological polar surface area (TPSA) is 55.4 Å². The Morgan fingerprint density at radius 3 is 2.37 bits per heavy atom. The summed E-state index contributed by atoms with van der Waals surface area (Å²) in [5.41, 5.74) is 1.16. The van der Waals surface area contributed by atoms with Gasteiger partial charge in [0.05, 0.1) is 7.11 Å². The summed E-state index contributed by atoms with van der Waals surface area (Å²) < 4.78 is 27.4. The molecule has 4 nitrogen and oxygen atoms in total. The molecule has 0 heterocycles. The Balaban J connectivity index is 2.65. The van der Waals surface area contributed by atoms with Crippen LogP contribution in [-0.2, 0) is 9.84 Å². The predicted octanol–water partition coefficient (Wildman–Crippen LogP) is 2.17. The lowest BCUT2D eigenvalue weighted by atomic mass is 10.0. The molecule has 0 amide bonds. The van der Waals surface area contributed by atoms with Gasteiger partial charge in [0.15, 0.2) is 0 Å². The Hall–Kier alpha value is -1.07. The lowest BCUT2D eigenvalue weighted by Crippen LogP contribution is -2.21. The number of ether oxygens (including phenoxy) is 1. The molecule has 0 aliphatic heterocycles. The van der Waals surface area contributed by atoms with Crippen molar-refractivity contribution < 1.29 is 13.2 Å². The van der Waals surface area contributed by atoms with Gasteiger partial charge in [-0.05, 0) is 37.1 Å². The number of rotatable bonds is 8. The molecule has 1 N–H and O–H groups in total. The fourth-order valence-electron chi connectivity index (χ4n) is 2.02. The van der Waals surface area contributed by atoms with Gasteiger partial charge in [0, 0.05) is 18.1 Å². The highest BCUT2D eigenvalue weighted by molar-refractivity contribution is 7.90. The molecule has 0 saturated heterocycles. The Bertz CT molecular complexity index is 468. The molecule has 0 bridgehead atoms. The molecule has 1 aromatic rings. The normalized spacial score (nSPS) is 13.2. The third kappa shape index (κ3) is 6.07. The summed E-state index contributed by atoms with van der Waals surface area (Å²) in [5, 5.41) is 3.39. The lowest BCUT2D eigenvalue weighted by molar-refractivity contribution is 0.414. The van der Waals surface area contributed by atoms with Gasteiger partial charge >= 0.3 is 0 Å². The van der Waals surface area contributed by atoms with Crippen LogP contribution < -0.4 is 10.1 Å². The predicted molar refractivity (Wildman–Crippen MR) is 78.4 cm³/mol. The summed E-state index contributed by atoms with van der Waals surface area (Å²) >= 11 is 0. The Morgan fingerprint density at radius 1 is 1.26 bits per heavy atom. The van der Waals surface area contributed by atoms with Crippen LogP contribution in [0, 0.1) is 0 Å². The maximum atomic E-state index is 11.2. The standard InChI is InChI=1S/C14H23NO3S/c1-4-15-14(6-5-11-19(3,16)17)12-7-9-13(18-2)10-8-12/h7-10,14-15H,4-6,11H2,1-3H3. The molecule has 1 rings (SSSR count). The summed E-state index contributed by atoms with van der Waals surface area (Å²) in [6, 6.07) is 8.09. The summed E-state index contributed by atoms with van der Waals surface area (Å²) in [7, 11) is -1.23. The third-order valence-corrected chi connectivity index (χ3v) is 4.01. The minimum atomic E-state index is -2.88. The van der Waals surface area contributed by atoms with Crippen molar-refractivity contribution in [3.8, 4) is 5.75 Å². The SMILES string of the molecule is CCNC(CCCS(C)(=O)=O)c1ccc(OC)cc1. The highest BCUT2D eigenvalue weighted by Gasteiger charge is 2.11. The van der Waals surface area contributed by atoms with E-state index in [1.165, 1.54) is 6.26 Å². The lowest BCUT2D eigenvalue weighted by Gasteiger charge is -2.18. The van der Waals surface area contributed by atoms with Crippen molar-refractivity contribution in [2.24, 2.45) is 0 Å². The minimum Gasteiger partial charge on any atom is -0.497 e. The van der Waals surface area contributed by atoms with E-state index >= 15 is 0 Å². The van der Waals surface area contributed by atoms with Gasteiger partial charge in [0.1, 0.15) is 15.6 Å². The molecule has 0 aliphatic rings. The van der Waals surface area contributed by atoms with Gasteiger partial charge < -0.3 is 10.1 Å². The van der Waals surface area contributed by atoms with E-state index in [4.69, 9.17) is 4.74 Å². The fraction of sp³-hybridized carbons (Fsp3) is 0.571. The van der Waals surface area contributed by atoms with E-state index in [-0.39, 0.29) is 11.8 Å². The quantitative estimate of drug-likeness (QED) is 0.795. The summed E-state index contributed by atoms with van der Waals surface area (Å²) in [5.74, 6) is 1.07. The molecule has 1 aromatic carbocycles. The average molecular weight is 285 g/mol. The van der Waals surface area contributed by atoms with E-state index in [0.717, 1.165) is 24.3 Å². The van der Waals surface area contributed by atoms with Crippen molar-refractivity contribution in [2.75, 3.05) is 25.7 Å². The van der Waals surface area contributed by atoms with Gasteiger partial charge in [-0.3, -0.25) is 0 Å². The van der Waals surface area contributed by atoms with Crippen LogP contribution in [0.4, 0.5) is 0 Å². The molecule has 0 spiro atoms. The van der Waals surface area contributed by atoms with E-state index in [2.05, 4.69) is 5.32 Å². The van der Waals surface area contributed by atoms with Gasteiger partial charge in [0.25, 0.3) is 0 Å². The molecule has 0 radical (unpaired) electrons. The van der Waals surface area contributed by atoms with E-state index < -0.39 is 9.84 Å². The van der Waals surface area contributed by atoms with Crippen LogP contribution in [-0.4, -0.2) is 34.1 Å². The Kier molecular flexibility index (Phi) is 6.31. The largest absolute Gasteiger partial charge is 0.497 e. The maximum Gasteiger partial charge on any atom is 0.147 e. The van der Waals surface area contributed by atoms with Crippen molar-refractivity contribution >= 4 is 9.84 Å². The van der Waals surface area contributed by atoms with E-state index in [9.17, 15) is 8.42 Å². The highest BCUT2D eigenvalue weighted by Crippen LogP contribution is 2.21. The summed E-state index contributed by atoms with van der Waals surface area (Å²) in [4.78, 5) is 0. The van der Waals surface area contributed by atoms with Crippen molar-refractivity contribution in [2.45, 2.75) is 25.8 Å². The van der Waals surface area contributed by atoms with Gasteiger partial charge in [-0.25, -0.2) is 8.42 Å². The second kappa shape index (κ2) is 7.50. The molecule has 0 aliphatic carbocycles. The Morgan fingerprint density at radius 2 is 1.89 bits per heavy atom. The first-order chi connectivity index (χ1) is 8.96. The molecule has 108 valence electrons. The molecular formula is C14H23NO3S. The fourth-order valence-corrected chi connectivity index (χ4v) is 2.71. The second-order valence-electron chi connectivity index (χ2n) is 4.66. The first-order valence-corrected chi connectivity index (χ1v) is 8.57. The first-order valence-electron chi connectivity index (χ1n) is 6.51. The van der Waals surface area contributed by atoms with Crippen LogP contribution in [0.1, 0.15) is 31.4 Å². The van der Waals surface area contributed by atoms with Crippen molar-refractivity contribution in [1.82, 2.24) is 5.32 Å². The summed E-state index contributed by atoms with van der Waals surface area (Å²) in [6.45, 7) is 2.91. The van der Waals surface area contributed by atoms with Gasteiger partial charge in [0.2, 0.25) is 0 Å². The van der Waals surface area contributed by atoms with E-state index in [1.807, 2.05) is 31.2 Å². The minimum absolute atomic E-state index is 0.192. The van der Waals surface area contributed by atoms with Crippen molar-refractivity contribution in [3.63, 3.8) is 0 Å². The Labute approximate surface area is 116 Å². The molecule has 0 fully saturated rings. The van der Waals surface area contributed by atoms with Crippen LogP contribution in [0.2, 0.25) is 0 Å². The number of hydrogen-bond donors (Lipinski definition) is 1. The molecule has 19 heavy (non-hydrogen) atoms. The third-order valence-electron chi connectivity index (χ3n) is 2.98. The van der Waals surface area contributed by atoms with Crippen LogP contribution in [0.15, 0.2) is 24.3 Å². The van der Waals surface area contributed by atoms with Gasteiger partial charge in [-0.15, -0.1) is 0 Å². The highest BCUT2D eigenvalue weighted by atomic mass is 32.2. The van der Waals surface area contributed by atoms with Crippen molar-refractivity contribution in [3.05, 3.63) is 29.8 Å². The monoisotopic (exact) mass is 285 g/mol. The van der Waals surface area contributed by atoms with Gasteiger partial charge in [-0.1, -0.05) is 19.1 Å². The zero-order valence-corrected chi connectivity index (χ0v) is 12.7. The number of sulfone groups is 1. The average Bonchev–Trinajstić information content (AvgIpc) is 2.36. The molecule has 0 aromatic heterocycles. The number of hydrogen-bond acceptors (Lipinski definition) is 4. The molecule has 1 unspecified atom stereocenters. The van der Waals surface area contributed by atoms with Crippen LogP contribution >= 0.6 is 0 Å². The van der Waals surface area contributed by atoms with Crippen LogP contribution in [0.3, 0.4) is 0 Å². The molecular weight excluding hydrogens is 262 g/mol. The zero-order chi connectivity index (χ0) is 14.3. The number of methoxy groups -OCH3 is 1. The smallest absolute Gasteiger partial charge is 0.147 e. The van der Waals surface area contributed by atoms with Crippen LogP contribution in [0.25, 0.3) is 0 Å². The van der Waals surface area contributed by atoms with Gasteiger partial charge in [-0.2, -0.15) is 0 Å². The first kappa shape index (κ1) is 16.0. The molecule has 1 atom stereocenters. The van der Waals surface area contributed by atoms with E-state index in [1.54, 1.807) is 7.11 Å². The number of nitrogens with one attached hydrogen (secondary N) is 1. The summed E-state index contributed by atoms with van der Waals surface area (Å²) in [6.07, 6.45) is 2.76.